The zero-order valence-electron chi connectivity index (χ0n) is 30.4. The Labute approximate surface area is 342 Å². The molecule has 56 heavy (non-hydrogen) atoms. The number of thioether (sulfide) groups is 2. The second-order valence-electron chi connectivity index (χ2n) is 11.8. The van der Waals surface area contributed by atoms with Gasteiger partial charge in [0.1, 0.15) is 17.7 Å². The van der Waals surface area contributed by atoms with Gasteiger partial charge in [0.05, 0.1) is 45.6 Å². The molecular weight excluding hydrogens is 804 g/mol. The van der Waals surface area contributed by atoms with Gasteiger partial charge in [-0.3, -0.25) is 29.2 Å². The van der Waals surface area contributed by atoms with Crippen molar-refractivity contribution in [1.29, 1.82) is 0 Å². The first-order chi connectivity index (χ1) is 26.8. The van der Waals surface area contributed by atoms with E-state index in [0.29, 0.717) is 71.4 Å². The Hall–Kier alpha value is -4.86. The molecule has 0 aliphatic carbocycles. The van der Waals surface area contributed by atoms with Crippen molar-refractivity contribution in [2.45, 2.75) is 48.3 Å². The summed E-state index contributed by atoms with van der Waals surface area (Å²) >= 11 is 15.4. The van der Waals surface area contributed by atoms with Crippen LogP contribution in [0.2, 0.25) is 10.0 Å². The van der Waals surface area contributed by atoms with Gasteiger partial charge in [0.25, 0.3) is 11.8 Å². The normalized spacial score (nSPS) is 10.6. The predicted octanol–water partition coefficient (Wildman–Crippen LogP) is 3.15. The van der Waals surface area contributed by atoms with Crippen LogP contribution in [0.1, 0.15) is 59.5 Å². The zero-order valence-corrected chi connectivity index (χ0v) is 33.6. The molecule has 16 N–H and O–H groups in total. The molecule has 0 atom stereocenters. The number of nitrogens with two attached hydrogens (primary N) is 6. The lowest BCUT2D eigenvalue weighted by Crippen LogP contribution is -2.23. The Morgan fingerprint density at radius 3 is 1.32 bits per heavy atom. The molecule has 0 saturated carbocycles. The van der Waals surface area contributed by atoms with Crippen molar-refractivity contribution in [3.8, 4) is 0 Å². The van der Waals surface area contributed by atoms with Gasteiger partial charge in [-0.2, -0.15) is 0 Å². The minimum atomic E-state index is -0.701. The third kappa shape index (κ3) is 15.7. The van der Waals surface area contributed by atoms with Crippen LogP contribution in [-0.2, 0) is 9.59 Å². The van der Waals surface area contributed by atoms with Gasteiger partial charge >= 0.3 is 0 Å². The van der Waals surface area contributed by atoms with E-state index in [-0.39, 0.29) is 82.5 Å². The van der Waals surface area contributed by atoms with E-state index < -0.39 is 11.8 Å². The highest BCUT2D eigenvalue weighted by Crippen LogP contribution is 2.39. The van der Waals surface area contributed by atoms with Crippen LogP contribution in [0.15, 0.2) is 56.4 Å². The fourth-order valence-electron chi connectivity index (χ4n) is 4.78. The molecule has 18 nitrogen and oxygen atoms in total. The van der Waals surface area contributed by atoms with Crippen LogP contribution in [-0.4, -0.2) is 83.2 Å². The van der Waals surface area contributed by atoms with Gasteiger partial charge < -0.3 is 55.7 Å². The number of nitrogens with one attached hydrogen (secondary N) is 4. The van der Waals surface area contributed by atoms with Crippen LogP contribution < -0.4 is 55.7 Å². The predicted molar refractivity (Wildman–Crippen MR) is 227 cm³/mol. The van der Waals surface area contributed by atoms with E-state index in [1.807, 2.05) is 0 Å². The summed E-state index contributed by atoms with van der Waals surface area (Å²) in [6.45, 7) is 1.42. The highest BCUT2D eigenvalue weighted by Gasteiger charge is 2.21. The number of amides is 4. The van der Waals surface area contributed by atoms with Gasteiger partial charge in [-0.05, 0) is 63.0 Å². The molecular formula is C34H46Cl2N14O4S2. The van der Waals surface area contributed by atoms with Crippen LogP contribution in [0.5, 0.6) is 0 Å². The fourth-order valence-corrected chi connectivity index (χ4v) is 7.05. The molecule has 2 aromatic carbocycles. The van der Waals surface area contributed by atoms with E-state index in [0.717, 1.165) is 6.33 Å². The summed E-state index contributed by atoms with van der Waals surface area (Å²) in [5.74, 6) is -1.32. The van der Waals surface area contributed by atoms with Gasteiger partial charge in [0.15, 0.2) is 11.9 Å². The maximum atomic E-state index is 13.6. The number of nitrogens with zero attached hydrogens (tertiary/aromatic N) is 4. The highest BCUT2D eigenvalue weighted by molar-refractivity contribution is 7.99. The summed E-state index contributed by atoms with van der Waals surface area (Å²) in [5.41, 5.74) is 34.0. The summed E-state index contributed by atoms with van der Waals surface area (Å²) in [5, 5.41) is 11.7. The maximum Gasteiger partial charge on any atom is 0.274 e. The molecule has 0 radical (unpaired) electrons. The second kappa shape index (κ2) is 23.9. The SMILES string of the molecule is NCCCCC(=O)Nc1cc(Cl)cc(NC(=O)c2cc(C(=O)Nc3cc(Cl)cc(NC(=O)CCCCN)c3SCCN=C(N)N)ncn2)c1SCCN=C(N)N. The van der Waals surface area contributed by atoms with Gasteiger partial charge in [-0.25, -0.2) is 9.97 Å². The van der Waals surface area contributed by atoms with Gasteiger partial charge in [0.2, 0.25) is 11.8 Å². The number of guanidine groups is 2. The summed E-state index contributed by atoms with van der Waals surface area (Å²) in [4.78, 5) is 69.9. The molecule has 3 aromatic rings. The molecule has 0 aliphatic rings. The first-order valence-corrected chi connectivity index (χ1v) is 20.0. The minimum Gasteiger partial charge on any atom is -0.370 e. The number of carbonyl (C=O) groups excluding carboxylic acids is 4. The van der Waals surface area contributed by atoms with Crippen LogP contribution in [0.3, 0.4) is 0 Å². The number of anilines is 4. The number of rotatable bonds is 22. The second-order valence-corrected chi connectivity index (χ2v) is 14.8. The monoisotopic (exact) mass is 848 g/mol. The van der Waals surface area contributed by atoms with Gasteiger partial charge in [-0.15, -0.1) is 23.5 Å². The lowest BCUT2D eigenvalue weighted by Gasteiger charge is -2.17. The number of halogens is 2. The van der Waals surface area contributed by atoms with E-state index >= 15 is 0 Å². The molecule has 1 aromatic heterocycles. The first-order valence-electron chi connectivity index (χ1n) is 17.3. The molecule has 1 heterocycles. The molecule has 302 valence electrons. The highest BCUT2D eigenvalue weighted by atomic mass is 35.5. The Balaban J connectivity index is 1.90. The van der Waals surface area contributed by atoms with E-state index in [1.54, 1.807) is 12.1 Å². The third-order valence-electron chi connectivity index (χ3n) is 7.26. The van der Waals surface area contributed by atoms with Crippen LogP contribution in [0, 0.1) is 0 Å². The van der Waals surface area contributed by atoms with Crippen molar-refractivity contribution in [3.05, 3.63) is 58.1 Å². The Morgan fingerprint density at radius 2 is 0.964 bits per heavy atom. The molecule has 3 rings (SSSR count). The number of hydrogen-bond donors (Lipinski definition) is 10. The van der Waals surface area contributed by atoms with Gasteiger partial charge in [-0.1, -0.05) is 23.2 Å². The molecule has 0 saturated heterocycles. The molecule has 0 spiro atoms. The smallest absolute Gasteiger partial charge is 0.274 e. The Kier molecular flexibility index (Phi) is 19.5. The fraction of sp³-hybridized carbons (Fsp3) is 0.353. The largest absolute Gasteiger partial charge is 0.370 e. The number of carbonyl (C=O) groups is 4. The Bertz CT molecular complexity index is 1780. The summed E-state index contributed by atoms with van der Waals surface area (Å²) in [6.07, 6.45) is 4.06. The average Bonchev–Trinajstić information content (AvgIpc) is 3.13. The van der Waals surface area contributed by atoms with E-state index in [9.17, 15) is 19.2 Å². The lowest BCUT2D eigenvalue weighted by atomic mass is 10.2. The lowest BCUT2D eigenvalue weighted by molar-refractivity contribution is -0.117. The summed E-state index contributed by atoms with van der Waals surface area (Å²) in [6, 6.07) is 7.37. The molecule has 0 aliphatic heterocycles. The van der Waals surface area contributed by atoms with Crippen molar-refractivity contribution in [3.63, 3.8) is 0 Å². The minimum absolute atomic E-state index is 0.0817. The van der Waals surface area contributed by atoms with E-state index in [1.165, 1.54) is 41.7 Å². The summed E-state index contributed by atoms with van der Waals surface area (Å²) < 4.78 is 0. The first kappa shape index (κ1) is 45.5. The average molecular weight is 850 g/mol. The number of hydrogen-bond acceptors (Lipinski definition) is 12. The van der Waals surface area contributed by atoms with E-state index in [2.05, 4.69) is 41.2 Å². The van der Waals surface area contributed by atoms with Gasteiger partial charge in [0, 0.05) is 40.5 Å². The van der Waals surface area contributed by atoms with Crippen molar-refractivity contribution in [2.24, 2.45) is 44.4 Å². The topological polar surface area (TPSA) is 323 Å². The van der Waals surface area contributed by atoms with Crippen LogP contribution in [0.25, 0.3) is 0 Å². The van der Waals surface area contributed by atoms with Crippen molar-refractivity contribution in [1.82, 2.24) is 9.97 Å². The quantitative estimate of drug-likeness (QED) is 0.0301. The number of aromatic nitrogens is 2. The van der Waals surface area contributed by atoms with Crippen LogP contribution in [0.4, 0.5) is 22.7 Å². The molecule has 22 heteroatoms. The van der Waals surface area contributed by atoms with Crippen molar-refractivity contribution < 1.29 is 19.2 Å². The van der Waals surface area contributed by atoms with Crippen molar-refractivity contribution >= 4 is 105 Å². The third-order valence-corrected chi connectivity index (χ3v) is 9.93. The standard InChI is InChI=1S/C34H46Cl2N14O4S2/c35-19-13-21(47-27(51)5-1-3-7-37)29(55-11-9-43-33(39)40)23(15-19)49-31(53)25-17-26(46-18-45-25)32(54)50-24-16-20(36)14-22(48-28(52)6-2-4-8-38)30(24)56-12-10-44-34(41)42/h13-18H,1-12,37-38H2,(H,47,51)(H,48,52)(H,49,53)(H,50,54)(H4,39,40,43)(H4,41,42,44). The summed E-state index contributed by atoms with van der Waals surface area (Å²) in [7, 11) is 0. The number of unbranched alkanes of at least 4 members (excludes halogenated alkanes) is 2. The van der Waals surface area contributed by atoms with E-state index in [4.69, 9.17) is 57.6 Å². The van der Waals surface area contributed by atoms with Crippen LogP contribution >= 0.6 is 46.7 Å². The molecule has 0 fully saturated rings. The number of aliphatic imine (C=N–C) groups is 2. The van der Waals surface area contributed by atoms with Crippen molar-refractivity contribution in [2.75, 3.05) is 59.0 Å². The zero-order chi connectivity index (χ0) is 41.0. The maximum absolute atomic E-state index is 13.6. The molecule has 0 bridgehead atoms. The number of benzene rings is 2. The Morgan fingerprint density at radius 1 is 0.589 bits per heavy atom. The molecule has 4 amide bonds. The molecule has 0 unspecified atom stereocenters.